The van der Waals surface area contributed by atoms with E-state index in [1.54, 1.807) is 16.7 Å². The number of aliphatic hydroxyl groups excluding tert-OH is 6. The minimum atomic E-state index is -0.615. The van der Waals surface area contributed by atoms with Crippen LogP contribution in [-0.4, -0.2) is 99.4 Å². The van der Waals surface area contributed by atoms with E-state index >= 15 is 0 Å². The molecule has 510 valence electrons. The first-order valence-corrected chi connectivity index (χ1v) is 36.5. The zero-order chi connectivity index (χ0) is 66.3. The van der Waals surface area contributed by atoms with E-state index in [0.717, 1.165) is 89.7 Å². The lowest BCUT2D eigenvalue weighted by Gasteiger charge is -2.44. The Bertz CT molecular complexity index is 2330. The molecule has 0 aliphatic heterocycles. The summed E-state index contributed by atoms with van der Waals surface area (Å²) < 4.78 is 0. The molecular formula is C81H132O9. The number of hydrogen-bond acceptors (Lipinski definition) is 9. The first kappa shape index (κ1) is 74.7. The lowest BCUT2D eigenvalue weighted by Crippen LogP contribution is -2.36. The first-order chi connectivity index (χ1) is 42.0. The molecule has 0 spiro atoms. The van der Waals surface area contributed by atoms with Crippen LogP contribution >= 0.6 is 0 Å². The molecule has 0 saturated heterocycles. The van der Waals surface area contributed by atoms with Crippen LogP contribution in [0.2, 0.25) is 0 Å². The molecule has 9 rings (SSSR count). The molecule has 0 aromatic carbocycles. The van der Waals surface area contributed by atoms with Gasteiger partial charge in [-0.1, -0.05) is 153 Å². The third-order valence-electron chi connectivity index (χ3n) is 25.3. The van der Waals surface area contributed by atoms with Crippen molar-refractivity contribution in [1.29, 1.82) is 0 Å². The zero-order valence-corrected chi connectivity index (χ0v) is 59.0. The molecule has 9 N–H and O–H groups in total. The van der Waals surface area contributed by atoms with E-state index in [1.807, 2.05) is 41.5 Å². The Kier molecular flexibility index (Phi) is 26.1. The predicted octanol–water partition coefficient (Wildman–Crippen LogP) is 17.1. The largest absolute Gasteiger partial charge is 0.393 e. The minimum absolute atomic E-state index is 0.374. The lowest BCUT2D eigenvalue weighted by molar-refractivity contribution is 0.0590. The highest BCUT2D eigenvalue weighted by Crippen LogP contribution is 2.63. The van der Waals surface area contributed by atoms with Crippen LogP contribution in [0.4, 0.5) is 0 Å². The summed E-state index contributed by atoms with van der Waals surface area (Å²) >= 11 is 0. The summed E-state index contributed by atoms with van der Waals surface area (Å²) in [4.78, 5) is 0. The van der Waals surface area contributed by atoms with Gasteiger partial charge in [0.15, 0.2) is 0 Å². The van der Waals surface area contributed by atoms with Crippen molar-refractivity contribution in [3.8, 4) is 0 Å². The molecule has 9 saturated carbocycles. The topological polar surface area (TPSA) is 182 Å². The monoisotopic (exact) mass is 1250 g/mol. The third kappa shape index (κ3) is 19.3. The Balaban J connectivity index is 0.000000192. The van der Waals surface area contributed by atoms with Crippen LogP contribution in [0.25, 0.3) is 0 Å². The Hall–Kier alpha value is -2.70. The van der Waals surface area contributed by atoms with Crippen molar-refractivity contribution in [3.05, 3.63) is 106 Å². The van der Waals surface area contributed by atoms with E-state index in [4.69, 9.17) is 0 Å². The summed E-state index contributed by atoms with van der Waals surface area (Å²) in [5.41, 5.74) is 9.50. The van der Waals surface area contributed by atoms with E-state index < -0.39 is 53.4 Å². The van der Waals surface area contributed by atoms with Crippen molar-refractivity contribution in [2.75, 3.05) is 0 Å². The Morgan fingerprint density at radius 3 is 0.889 bits per heavy atom. The van der Waals surface area contributed by atoms with E-state index in [0.29, 0.717) is 90.3 Å². The summed E-state index contributed by atoms with van der Waals surface area (Å²) in [5.74, 6) is 6.32. The summed E-state index contributed by atoms with van der Waals surface area (Å²) in [5, 5.41) is 90.6. The quantitative estimate of drug-likeness (QED) is 0.0645. The molecule has 0 heterocycles. The second-order valence-corrected chi connectivity index (χ2v) is 34.0. The number of rotatable bonds is 18. The molecule has 90 heavy (non-hydrogen) atoms. The van der Waals surface area contributed by atoms with Crippen LogP contribution in [0.5, 0.6) is 0 Å². The fourth-order valence-electron chi connectivity index (χ4n) is 20.2. The van der Waals surface area contributed by atoms with Crippen molar-refractivity contribution in [2.45, 2.75) is 329 Å². The van der Waals surface area contributed by atoms with Crippen molar-refractivity contribution >= 4 is 0 Å². The van der Waals surface area contributed by atoms with Crippen LogP contribution in [0.1, 0.15) is 276 Å². The van der Waals surface area contributed by atoms with Gasteiger partial charge in [0, 0.05) is 19.3 Å². The van der Waals surface area contributed by atoms with Gasteiger partial charge in [0.1, 0.15) is 0 Å². The molecule has 0 aromatic rings. The van der Waals surface area contributed by atoms with Gasteiger partial charge in [-0.15, -0.1) is 0 Å². The standard InChI is InChI=1S/3C27H44O3/c3*1-18(8-6-14-26(3,4)30)23-12-13-24-20(9-7-15-27(23,24)5)10-11-21-16-22(28)17-25(29)19(21)2/h3*10-11,18,22-25,28-30H,2,6-9,12-17H2,1,3-5H3/b3*20-10+,21-11-/t3*18-,22-,23-,24+,25+,27-/m111/s1. The molecular weight excluding hydrogens is 1120 g/mol. The number of aliphatic hydroxyl groups is 9. The molecule has 9 nitrogen and oxygen atoms in total. The van der Waals surface area contributed by atoms with Gasteiger partial charge in [-0.05, 0) is 279 Å². The van der Waals surface area contributed by atoms with Crippen molar-refractivity contribution < 1.29 is 46.0 Å². The van der Waals surface area contributed by atoms with Gasteiger partial charge in [-0.25, -0.2) is 0 Å². The van der Waals surface area contributed by atoms with Gasteiger partial charge in [0.25, 0.3) is 0 Å². The smallest absolute Gasteiger partial charge is 0.0811 e. The zero-order valence-electron chi connectivity index (χ0n) is 59.0. The second-order valence-electron chi connectivity index (χ2n) is 34.0. The van der Waals surface area contributed by atoms with E-state index in [9.17, 15) is 46.0 Å². The first-order valence-electron chi connectivity index (χ1n) is 36.5. The maximum atomic E-state index is 10.1. The molecule has 0 aromatic heterocycles. The maximum Gasteiger partial charge on any atom is 0.0811 e. The van der Waals surface area contributed by atoms with Gasteiger partial charge in [0.2, 0.25) is 0 Å². The number of hydrogen-bond donors (Lipinski definition) is 9. The Labute approximate surface area is 548 Å². The SMILES string of the molecule is C=C1/C(=C\C=C2/CCC[C@]3(C)[C@@H]([C@H](C)CCCC(C)(C)O)CC[C@@H]23)C[C@@H](O)C[C@@H]1O.C=C1/C(=C\C=C2/CCC[C@]3(C)[C@@H]([C@H](C)CCCC(C)(C)O)CC[C@@H]23)C[C@@H](O)C[C@@H]1O.C=C1/C(=C\C=C2/CCC[C@]3(C)[C@@H]([C@H](C)CCCC(C)(C)O)CC[C@@H]23)C[C@@H](O)C[C@@H]1O. The Morgan fingerprint density at radius 1 is 0.411 bits per heavy atom. The van der Waals surface area contributed by atoms with Gasteiger partial charge < -0.3 is 46.0 Å². The Morgan fingerprint density at radius 2 is 0.656 bits per heavy atom. The van der Waals surface area contributed by atoms with Crippen molar-refractivity contribution in [3.63, 3.8) is 0 Å². The number of allylic oxidation sites excluding steroid dienone is 9. The molecule has 0 unspecified atom stereocenters. The van der Waals surface area contributed by atoms with Gasteiger partial charge in [-0.3, -0.25) is 0 Å². The van der Waals surface area contributed by atoms with Crippen LogP contribution in [0.15, 0.2) is 106 Å². The van der Waals surface area contributed by atoms with Crippen LogP contribution in [0.3, 0.4) is 0 Å². The van der Waals surface area contributed by atoms with Crippen LogP contribution < -0.4 is 0 Å². The predicted molar refractivity (Wildman–Crippen MR) is 372 cm³/mol. The van der Waals surface area contributed by atoms with E-state index in [2.05, 4.69) is 97.7 Å². The minimum Gasteiger partial charge on any atom is -0.393 e. The van der Waals surface area contributed by atoms with Crippen molar-refractivity contribution in [1.82, 2.24) is 0 Å². The molecule has 18 atom stereocenters. The summed E-state index contributed by atoms with van der Waals surface area (Å²) in [6, 6.07) is 0. The van der Waals surface area contributed by atoms with Gasteiger partial charge >= 0.3 is 0 Å². The molecule has 0 bridgehead atoms. The van der Waals surface area contributed by atoms with E-state index in [1.165, 1.54) is 116 Å². The lowest BCUT2D eigenvalue weighted by atomic mass is 9.60. The highest BCUT2D eigenvalue weighted by atomic mass is 16.3. The van der Waals surface area contributed by atoms with Crippen LogP contribution in [-0.2, 0) is 0 Å². The average Bonchev–Trinajstić information content (AvgIpc) is 1.62. The molecule has 9 aliphatic rings. The van der Waals surface area contributed by atoms with Crippen molar-refractivity contribution in [2.24, 2.45) is 69.5 Å². The molecule has 0 radical (unpaired) electrons. The highest BCUT2D eigenvalue weighted by molar-refractivity contribution is 5.41. The molecule has 0 amide bonds. The summed E-state index contributed by atoms with van der Waals surface area (Å²) in [7, 11) is 0. The molecule has 9 aliphatic carbocycles. The molecule has 9 heteroatoms. The fourth-order valence-corrected chi connectivity index (χ4v) is 20.2. The molecule has 9 fully saturated rings. The summed E-state index contributed by atoms with van der Waals surface area (Å²) in [6.07, 6.45) is 41.6. The third-order valence-corrected chi connectivity index (χ3v) is 25.3. The van der Waals surface area contributed by atoms with Crippen LogP contribution in [0, 0.1) is 69.5 Å². The van der Waals surface area contributed by atoms with Gasteiger partial charge in [0.05, 0.1) is 53.4 Å². The maximum absolute atomic E-state index is 10.1. The van der Waals surface area contributed by atoms with E-state index in [-0.39, 0.29) is 0 Å². The second kappa shape index (κ2) is 31.5. The number of fused-ring (bicyclic) bond motifs is 3. The normalized spacial score (nSPS) is 38.8. The average molecular weight is 1250 g/mol. The highest BCUT2D eigenvalue weighted by Gasteiger charge is 2.53. The van der Waals surface area contributed by atoms with Gasteiger partial charge in [-0.2, -0.15) is 0 Å². The fraction of sp³-hybridized carbons (Fsp3) is 0.778. The summed E-state index contributed by atoms with van der Waals surface area (Å²) in [6.45, 7) is 38.5.